The third-order valence-electron chi connectivity index (χ3n) is 3.34. The number of benzene rings is 1. The van der Waals surface area contributed by atoms with Crippen LogP contribution < -0.4 is 0 Å². The molecule has 1 aromatic heterocycles. The van der Waals surface area contributed by atoms with Crippen molar-refractivity contribution in [3.8, 4) is 0 Å². The largest absolute Gasteiger partial charge is 0.144 e. The first-order valence-electron chi connectivity index (χ1n) is 6.86. The minimum Gasteiger partial charge on any atom is -0.144 e. The normalized spacial score (nSPS) is 11.1. The molecule has 1 aromatic carbocycles. The van der Waals surface area contributed by atoms with Crippen molar-refractivity contribution in [1.29, 1.82) is 0 Å². The number of unbranched alkanes of at least 4 members (excludes halogenated alkanes) is 5. The summed E-state index contributed by atoms with van der Waals surface area (Å²) in [5.74, 6) is 0. The van der Waals surface area contributed by atoms with Gasteiger partial charge >= 0.3 is 0 Å². The van der Waals surface area contributed by atoms with Crippen molar-refractivity contribution < 1.29 is 0 Å². The molecule has 0 amide bonds. The summed E-state index contributed by atoms with van der Waals surface area (Å²) in [6.07, 6.45) is 9.56. The van der Waals surface area contributed by atoms with Gasteiger partial charge in [-0.2, -0.15) is 0 Å². The zero-order valence-corrected chi connectivity index (χ0v) is 11.6. The van der Waals surface area contributed by atoms with Crippen LogP contribution in [-0.2, 0) is 6.42 Å². The van der Waals surface area contributed by atoms with E-state index in [1.165, 1.54) is 60.6 Å². The molecule has 0 atom stereocenters. The van der Waals surface area contributed by atoms with Crippen molar-refractivity contribution >= 4 is 21.4 Å². The fraction of sp³-hybridized carbons (Fsp3) is 0.500. The summed E-state index contributed by atoms with van der Waals surface area (Å²) >= 11 is 1.83. The Kier molecular flexibility index (Phi) is 5.06. The highest BCUT2D eigenvalue weighted by Crippen LogP contribution is 2.22. The summed E-state index contributed by atoms with van der Waals surface area (Å²) in [7, 11) is 0. The van der Waals surface area contributed by atoms with Crippen LogP contribution in [0, 0.1) is 0 Å². The molecule has 0 spiro atoms. The van der Waals surface area contributed by atoms with E-state index in [4.69, 9.17) is 0 Å². The second-order valence-electron chi connectivity index (χ2n) is 4.81. The quantitative estimate of drug-likeness (QED) is 0.541. The molecular formula is C16H22S. The smallest absolute Gasteiger partial charge is 0.0342 e. The zero-order valence-electron chi connectivity index (χ0n) is 10.7. The lowest BCUT2D eigenvalue weighted by atomic mass is 10.0. The Bertz CT molecular complexity index is 441. The molecular weight excluding hydrogens is 224 g/mol. The zero-order chi connectivity index (χ0) is 11.9. The van der Waals surface area contributed by atoms with Crippen LogP contribution in [0.3, 0.4) is 0 Å². The molecule has 0 radical (unpaired) electrons. The highest BCUT2D eigenvalue weighted by atomic mass is 32.1. The Labute approximate surface area is 109 Å². The van der Waals surface area contributed by atoms with E-state index in [0.29, 0.717) is 0 Å². The lowest BCUT2D eigenvalue weighted by Gasteiger charge is -2.02. The molecule has 0 unspecified atom stereocenters. The fourth-order valence-electron chi connectivity index (χ4n) is 2.28. The van der Waals surface area contributed by atoms with Crippen molar-refractivity contribution in [3.63, 3.8) is 0 Å². The second kappa shape index (κ2) is 6.80. The van der Waals surface area contributed by atoms with E-state index < -0.39 is 0 Å². The molecule has 1 heterocycles. The topological polar surface area (TPSA) is 0 Å². The van der Waals surface area contributed by atoms with Crippen LogP contribution in [0.15, 0.2) is 29.6 Å². The van der Waals surface area contributed by atoms with E-state index >= 15 is 0 Å². The third kappa shape index (κ3) is 3.85. The van der Waals surface area contributed by atoms with E-state index in [1.807, 2.05) is 11.3 Å². The number of fused-ring (bicyclic) bond motifs is 1. The number of hydrogen-bond acceptors (Lipinski definition) is 1. The maximum Gasteiger partial charge on any atom is 0.0342 e. The maximum atomic E-state index is 2.36. The average Bonchev–Trinajstić information content (AvgIpc) is 2.81. The van der Waals surface area contributed by atoms with Crippen molar-refractivity contribution in [1.82, 2.24) is 0 Å². The van der Waals surface area contributed by atoms with Gasteiger partial charge in [0, 0.05) is 4.70 Å². The Morgan fingerprint density at radius 3 is 2.65 bits per heavy atom. The van der Waals surface area contributed by atoms with Gasteiger partial charge < -0.3 is 0 Å². The maximum absolute atomic E-state index is 2.36. The first-order valence-corrected chi connectivity index (χ1v) is 7.74. The molecule has 0 saturated heterocycles. The molecule has 1 heteroatoms. The number of aryl methyl sites for hydroxylation is 1. The molecule has 0 aliphatic heterocycles. The Morgan fingerprint density at radius 2 is 1.76 bits per heavy atom. The van der Waals surface area contributed by atoms with E-state index in [2.05, 4.69) is 36.6 Å². The molecule has 2 aromatic rings. The molecule has 0 fully saturated rings. The predicted molar refractivity (Wildman–Crippen MR) is 78.9 cm³/mol. The van der Waals surface area contributed by atoms with Gasteiger partial charge in [-0.05, 0) is 41.3 Å². The van der Waals surface area contributed by atoms with E-state index in [9.17, 15) is 0 Å². The summed E-state index contributed by atoms with van der Waals surface area (Å²) < 4.78 is 1.41. The number of thiophene rings is 1. The van der Waals surface area contributed by atoms with Gasteiger partial charge in [0.1, 0.15) is 0 Å². The van der Waals surface area contributed by atoms with Crippen molar-refractivity contribution in [2.45, 2.75) is 51.9 Å². The molecule has 0 aliphatic carbocycles. The van der Waals surface area contributed by atoms with Crippen molar-refractivity contribution in [3.05, 3.63) is 35.2 Å². The second-order valence-corrected chi connectivity index (χ2v) is 5.76. The summed E-state index contributed by atoms with van der Waals surface area (Å²) in [6, 6.07) is 9.15. The monoisotopic (exact) mass is 246 g/mol. The first kappa shape index (κ1) is 12.6. The lowest BCUT2D eigenvalue weighted by molar-refractivity contribution is 0.607. The van der Waals surface area contributed by atoms with Crippen LogP contribution in [0.25, 0.3) is 10.1 Å². The van der Waals surface area contributed by atoms with Crippen LogP contribution in [0.1, 0.15) is 51.0 Å². The molecule has 0 nitrogen and oxygen atoms in total. The van der Waals surface area contributed by atoms with Gasteiger partial charge in [0.05, 0.1) is 0 Å². The summed E-state index contributed by atoms with van der Waals surface area (Å²) in [5, 5.41) is 3.60. The van der Waals surface area contributed by atoms with Gasteiger partial charge in [-0.15, -0.1) is 11.3 Å². The number of rotatable bonds is 7. The Morgan fingerprint density at radius 1 is 0.941 bits per heavy atom. The molecule has 0 aliphatic rings. The molecule has 0 N–H and O–H groups in total. The van der Waals surface area contributed by atoms with Gasteiger partial charge in [-0.1, -0.05) is 51.2 Å². The van der Waals surface area contributed by atoms with Crippen molar-refractivity contribution in [2.75, 3.05) is 0 Å². The molecule has 0 bridgehead atoms. The molecule has 0 saturated carbocycles. The van der Waals surface area contributed by atoms with Gasteiger partial charge in [0.15, 0.2) is 0 Å². The minimum absolute atomic E-state index is 1.25. The van der Waals surface area contributed by atoms with Gasteiger partial charge in [0.2, 0.25) is 0 Å². The predicted octanol–water partition coefficient (Wildman–Crippen LogP) is 5.80. The fourth-order valence-corrected chi connectivity index (χ4v) is 3.05. The lowest BCUT2D eigenvalue weighted by Crippen LogP contribution is -1.85. The Balaban J connectivity index is 1.75. The van der Waals surface area contributed by atoms with E-state index in [1.54, 1.807) is 0 Å². The minimum atomic E-state index is 1.25. The standard InChI is InChI=1S/C16H22S/c1-2-3-4-5-6-7-8-14-9-10-16-15(13-14)11-12-17-16/h9-13H,2-8H2,1H3. The summed E-state index contributed by atoms with van der Waals surface area (Å²) in [5.41, 5.74) is 1.51. The number of hydrogen-bond donors (Lipinski definition) is 0. The van der Waals surface area contributed by atoms with Crippen molar-refractivity contribution in [2.24, 2.45) is 0 Å². The van der Waals surface area contributed by atoms with Crippen LogP contribution in [0.2, 0.25) is 0 Å². The van der Waals surface area contributed by atoms with Gasteiger partial charge in [0.25, 0.3) is 0 Å². The third-order valence-corrected chi connectivity index (χ3v) is 4.23. The van der Waals surface area contributed by atoms with Gasteiger partial charge in [-0.3, -0.25) is 0 Å². The van der Waals surface area contributed by atoms with Crippen LogP contribution >= 0.6 is 11.3 Å². The Hall–Kier alpha value is -0.820. The highest BCUT2D eigenvalue weighted by Gasteiger charge is 1.98. The van der Waals surface area contributed by atoms with Crippen LogP contribution in [0.5, 0.6) is 0 Å². The van der Waals surface area contributed by atoms with Crippen LogP contribution in [0.4, 0.5) is 0 Å². The summed E-state index contributed by atoms with van der Waals surface area (Å²) in [6.45, 7) is 2.27. The SMILES string of the molecule is CCCCCCCCc1ccc2sccc2c1. The first-order chi connectivity index (χ1) is 8.40. The van der Waals surface area contributed by atoms with Crippen LogP contribution in [-0.4, -0.2) is 0 Å². The van der Waals surface area contributed by atoms with Gasteiger partial charge in [-0.25, -0.2) is 0 Å². The van der Waals surface area contributed by atoms with E-state index in [0.717, 1.165) is 0 Å². The highest BCUT2D eigenvalue weighted by molar-refractivity contribution is 7.17. The molecule has 92 valence electrons. The average molecular weight is 246 g/mol. The summed E-state index contributed by atoms with van der Waals surface area (Å²) in [4.78, 5) is 0. The molecule has 2 rings (SSSR count). The molecule has 17 heavy (non-hydrogen) atoms. The van der Waals surface area contributed by atoms with E-state index in [-0.39, 0.29) is 0 Å².